The fourth-order valence-electron chi connectivity index (χ4n) is 4.17. The molecule has 0 fully saturated rings. The Morgan fingerprint density at radius 1 is 0.774 bits per heavy atom. The SMILES string of the molecule is CC(C)OC(=O)c1ccc2ccc3c(ccc4c3ccc3c(=O)[nH]ccc(=O)c34)c2c1. The van der Waals surface area contributed by atoms with Crippen molar-refractivity contribution in [3.8, 4) is 0 Å². The van der Waals surface area contributed by atoms with Gasteiger partial charge in [0.1, 0.15) is 0 Å². The van der Waals surface area contributed by atoms with E-state index in [1.165, 1.54) is 12.3 Å². The topological polar surface area (TPSA) is 76.2 Å². The lowest BCUT2D eigenvalue weighted by molar-refractivity contribution is 0.0378. The molecule has 0 aliphatic carbocycles. The number of hydrogen-bond donors (Lipinski definition) is 1. The van der Waals surface area contributed by atoms with Crippen molar-refractivity contribution in [1.29, 1.82) is 0 Å². The fraction of sp³-hybridized carbons (Fsp3) is 0.115. The predicted molar refractivity (Wildman–Crippen MR) is 124 cm³/mol. The number of rotatable bonds is 2. The van der Waals surface area contributed by atoms with Crippen molar-refractivity contribution < 1.29 is 9.53 Å². The van der Waals surface area contributed by atoms with Crippen molar-refractivity contribution in [2.45, 2.75) is 20.0 Å². The zero-order valence-corrected chi connectivity index (χ0v) is 17.1. The van der Waals surface area contributed by atoms with Crippen LogP contribution in [0, 0.1) is 0 Å². The normalized spacial score (nSPS) is 11.6. The van der Waals surface area contributed by atoms with Crippen LogP contribution in [-0.2, 0) is 4.74 Å². The second-order valence-electron chi connectivity index (χ2n) is 7.87. The highest BCUT2D eigenvalue weighted by Gasteiger charge is 2.13. The molecule has 0 saturated carbocycles. The molecule has 152 valence electrons. The Labute approximate surface area is 176 Å². The Morgan fingerprint density at radius 3 is 2.16 bits per heavy atom. The van der Waals surface area contributed by atoms with E-state index in [2.05, 4.69) is 4.98 Å². The molecular formula is C26H19NO4. The van der Waals surface area contributed by atoms with Crippen molar-refractivity contribution in [2.75, 3.05) is 0 Å². The molecule has 1 aromatic heterocycles. The molecule has 0 bridgehead atoms. The summed E-state index contributed by atoms with van der Waals surface area (Å²) in [5.74, 6) is -0.358. The van der Waals surface area contributed by atoms with E-state index in [9.17, 15) is 14.4 Å². The summed E-state index contributed by atoms with van der Waals surface area (Å²) >= 11 is 0. The number of carbonyl (C=O) groups is 1. The number of aromatic amines is 1. The molecule has 5 nitrogen and oxygen atoms in total. The van der Waals surface area contributed by atoms with E-state index >= 15 is 0 Å². The number of carbonyl (C=O) groups excluding carboxylic acids is 1. The van der Waals surface area contributed by atoms with Crippen LogP contribution in [0.1, 0.15) is 24.2 Å². The van der Waals surface area contributed by atoms with E-state index in [0.717, 1.165) is 32.3 Å². The van der Waals surface area contributed by atoms with Crippen LogP contribution >= 0.6 is 0 Å². The smallest absolute Gasteiger partial charge is 0.338 e. The van der Waals surface area contributed by atoms with Gasteiger partial charge in [0.25, 0.3) is 5.56 Å². The average molecular weight is 409 g/mol. The molecule has 5 heteroatoms. The summed E-state index contributed by atoms with van der Waals surface area (Å²) in [6, 6.07) is 18.3. The van der Waals surface area contributed by atoms with E-state index < -0.39 is 0 Å². The molecule has 4 aromatic carbocycles. The van der Waals surface area contributed by atoms with Crippen LogP contribution in [0.5, 0.6) is 0 Å². The average Bonchev–Trinajstić information content (AvgIpc) is 2.90. The first kappa shape index (κ1) is 19.0. The van der Waals surface area contributed by atoms with E-state index in [1.807, 2.05) is 56.3 Å². The fourth-order valence-corrected chi connectivity index (χ4v) is 4.17. The van der Waals surface area contributed by atoms with Crippen molar-refractivity contribution in [1.82, 2.24) is 4.98 Å². The Morgan fingerprint density at radius 2 is 1.39 bits per heavy atom. The van der Waals surface area contributed by atoms with Gasteiger partial charge in [0.05, 0.1) is 17.1 Å². The lowest BCUT2D eigenvalue weighted by Crippen LogP contribution is -2.11. The van der Waals surface area contributed by atoms with Crippen molar-refractivity contribution in [3.63, 3.8) is 0 Å². The van der Waals surface area contributed by atoms with Crippen LogP contribution < -0.4 is 11.0 Å². The van der Waals surface area contributed by atoms with Gasteiger partial charge in [0.15, 0.2) is 5.43 Å². The molecule has 0 aliphatic heterocycles. The first-order valence-corrected chi connectivity index (χ1v) is 10.1. The minimum absolute atomic E-state index is 0.196. The van der Waals surface area contributed by atoms with Gasteiger partial charge in [-0.15, -0.1) is 0 Å². The quantitative estimate of drug-likeness (QED) is 0.332. The second kappa shape index (κ2) is 7.06. The van der Waals surface area contributed by atoms with E-state index in [0.29, 0.717) is 16.3 Å². The van der Waals surface area contributed by atoms with E-state index in [-0.39, 0.29) is 23.1 Å². The van der Waals surface area contributed by atoms with Gasteiger partial charge in [0.2, 0.25) is 0 Å². The first-order chi connectivity index (χ1) is 14.9. The van der Waals surface area contributed by atoms with Crippen molar-refractivity contribution >= 4 is 49.1 Å². The second-order valence-corrected chi connectivity index (χ2v) is 7.87. The Balaban J connectivity index is 1.86. The number of fused-ring (bicyclic) bond motifs is 7. The van der Waals surface area contributed by atoms with Gasteiger partial charge in [0, 0.05) is 17.6 Å². The standard InChI is InChI=1S/C26H19NO4/c1-14(2)31-26(30)16-4-3-15-5-6-17-18-8-10-21-24(23(28)11-12-27-25(21)29)20(18)9-7-19(17)22(15)13-16/h3-14H,1-2H3,(H,27,29). The minimum atomic E-state index is -0.358. The lowest BCUT2D eigenvalue weighted by atomic mass is 9.94. The Hall–Kier alpha value is -3.99. The molecule has 5 rings (SSSR count). The van der Waals surface area contributed by atoms with E-state index in [1.54, 1.807) is 12.1 Å². The van der Waals surface area contributed by atoms with Gasteiger partial charge in [-0.3, -0.25) is 9.59 Å². The number of nitrogens with one attached hydrogen (secondary N) is 1. The molecule has 0 unspecified atom stereocenters. The van der Waals surface area contributed by atoms with Crippen LogP contribution in [0.3, 0.4) is 0 Å². The van der Waals surface area contributed by atoms with Crippen LogP contribution in [-0.4, -0.2) is 17.1 Å². The molecule has 0 radical (unpaired) electrons. The molecule has 0 saturated heterocycles. The van der Waals surface area contributed by atoms with Gasteiger partial charge < -0.3 is 9.72 Å². The van der Waals surface area contributed by atoms with E-state index in [4.69, 9.17) is 4.74 Å². The van der Waals surface area contributed by atoms with Crippen molar-refractivity contribution in [2.24, 2.45) is 0 Å². The molecule has 0 aliphatic rings. The maximum Gasteiger partial charge on any atom is 0.338 e. The monoisotopic (exact) mass is 409 g/mol. The third-order valence-electron chi connectivity index (χ3n) is 5.53. The number of benzene rings is 4. The maximum atomic E-state index is 12.7. The Kier molecular flexibility index (Phi) is 4.33. The number of esters is 1. The molecule has 1 N–H and O–H groups in total. The van der Waals surface area contributed by atoms with Gasteiger partial charge in [-0.05, 0) is 64.4 Å². The highest BCUT2D eigenvalue weighted by Crippen LogP contribution is 2.33. The van der Waals surface area contributed by atoms with Gasteiger partial charge >= 0.3 is 5.97 Å². The molecule has 5 aromatic rings. The first-order valence-electron chi connectivity index (χ1n) is 10.1. The number of ether oxygens (including phenoxy) is 1. The highest BCUT2D eigenvalue weighted by atomic mass is 16.5. The molecule has 31 heavy (non-hydrogen) atoms. The highest BCUT2D eigenvalue weighted by molar-refractivity contribution is 6.22. The summed E-state index contributed by atoms with van der Waals surface area (Å²) in [5.41, 5.74) is -0.0172. The molecular weight excluding hydrogens is 390 g/mol. The summed E-state index contributed by atoms with van der Waals surface area (Å²) in [6.07, 6.45) is 1.18. The largest absolute Gasteiger partial charge is 0.459 e. The maximum absolute atomic E-state index is 12.7. The summed E-state index contributed by atoms with van der Waals surface area (Å²) < 4.78 is 5.34. The van der Waals surface area contributed by atoms with Gasteiger partial charge in [-0.25, -0.2) is 4.79 Å². The number of H-pyrrole nitrogens is 1. The summed E-state index contributed by atoms with van der Waals surface area (Å²) in [5, 5.41) is 6.21. The molecule has 0 amide bonds. The van der Waals surface area contributed by atoms with Crippen LogP contribution in [0.4, 0.5) is 0 Å². The lowest BCUT2D eigenvalue weighted by Gasteiger charge is -2.11. The number of hydrogen-bond acceptors (Lipinski definition) is 4. The number of aromatic nitrogens is 1. The molecule has 1 heterocycles. The van der Waals surface area contributed by atoms with Gasteiger partial charge in [-0.1, -0.05) is 36.4 Å². The third kappa shape index (κ3) is 3.06. The third-order valence-corrected chi connectivity index (χ3v) is 5.53. The van der Waals surface area contributed by atoms with Crippen molar-refractivity contribution in [3.05, 3.63) is 93.0 Å². The Bertz CT molecular complexity index is 1650. The minimum Gasteiger partial charge on any atom is -0.459 e. The van der Waals surface area contributed by atoms with Crippen LogP contribution in [0.25, 0.3) is 43.1 Å². The summed E-state index contributed by atoms with van der Waals surface area (Å²) in [6.45, 7) is 3.64. The summed E-state index contributed by atoms with van der Waals surface area (Å²) in [7, 11) is 0. The van der Waals surface area contributed by atoms with Gasteiger partial charge in [-0.2, -0.15) is 0 Å². The zero-order chi connectivity index (χ0) is 21.7. The summed E-state index contributed by atoms with van der Waals surface area (Å²) in [4.78, 5) is 40.0. The van der Waals surface area contributed by atoms with Crippen LogP contribution in [0.15, 0.2) is 76.4 Å². The molecule has 0 spiro atoms. The predicted octanol–water partition coefficient (Wildman–Crippen LogP) is 4.91. The molecule has 0 atom stereocenters. The zero-order valence-electron chi connectivity index (χ0n) is 17.1. The van der Waals surface area contributed by atoms with Crippen LogP contribution in [0.2, 0.25) is 0 Å².